The fourth-order valence-electron chi connectivity index (χ4n) is 2.03. The lowest BCUT2D eigenvalue weighted by molar-refractivity contribution is 0.302. The number of aryl methyl sites for hydroxylation is 1. The first kappa shape index (κ1) is 13.7. The summed E-state index contributed by atoms with van der Waals surface area (Å²) in [4.78, 5) is 0. The SMILES string of the molecule is CC(C)CCc1ccccc1OCc1ccccc1. The van der Waals surface area contributed by atoms with Crippen LogP contribution in [0.1, 0.15) is 31.4 Å². The maximum atomic E-state index is 5.96. The van der Waals surface area contributed by atoms with Crippen molar-refractivity contribution in [2.75, 3.05) is 0 Å². The van der Waals surface area contributed by atoms with E-state index in [1.165, 1.54) is 17.5 Å². The van der Waals surface area contributed by atoms with Crippen LogP contribution in [-0.2, 0) is 13.0 Å². The minimum Gasteiger partial charge on any atom is -0.489 e. The molecule has 0 atom stereocenters. The van der Waals surface area contributed by atoms with Gasteiger partial charge >= 0.3 is 0 Å². The highest BCUT2D eigenvalue weighted by atomic mass is 16.5. The van der Waals surface area contributed by atoms with Crippen molar-refractivity contribution in [2.24, 2.45) is 5.92 Å². The van der Waals surface area contributed by atoms with Gasteiger partial charge in [-0.25, -0.2) is 0 Å². The van der Waals surface area contributed by atoms with Crippen LogP contribution < -0.4 is 4.74 Å². The number of ether oxygens (including phenoxy) is 1. The van der Waals surface area contributed by atoms with Gasteiger partial charge in [0.25, 0.3) is 0 Å². The van der Waals surface area contributed by atoms with Crippen molar-refractivity contribution in [2.45, 2.75) is 33.3 Å². The lowest BCUT2D eigenvalue weighted by Gasteiger charge is -2.12. The molecule has 0 aliphatic heterocycles. The predicted octanol–water partition coefficient (Wildman–Crippen LogP) is 4.85. The van der Waals surface area contributed by atoms with E-state index in [2.05, 4.69) is 44.2 Å². The molecule has 0 radical (unpaired) electrons. The van der Waals surface area contributed by atoms with Crippen LogP contribution in [0.5, 0.6) is 5.75 Å². The minimum atomic E-state index is 0.638. The summed E-state index contributed by atoms with van der Waals surface area (Å²) in [7, 11) is 0. The molecule has 2 aromatic rings. The second-order valence-corrected chi connectivity index (χ2v) is 5.31. The van der Waals surface area contributed by atoms with Crippen molar-refractivity contribution in [3.63, 3.8) is 0 Å². The van der Waals surface area contributed by atoms with Gasteiger partial charge in [-0.15, -0.1) is 0 Å². The van der Waals surface area contributed by atoms with Gasteiger partial charge < -0.3 is 4.74 Å². The van der Waals surface area contributed by atoms with Crippen molar-refractivity contribution in [3.05, 3.63) is 65.7 Å². The second kappa shape index (κ2) is 6.98. The maximum Gasteiger partial charge on any atom is 0.122 e. The third kappa shape index (κ3) is 4.44. The van der Waals surface area contributed by atoms with Crippen molar-refractivity contribution in [1.29, 1.82) is 0 Å². The predicted molar refractivity (Wildman–Crippen MR) is 80.4 cm³/mol. The van der Waals surface area contributed by atoms with Crippen molar-refractivity contribution >= 4 is 0 Å². The van der Waals surface area contributed by atoms with Crippen LogP contribution in [0.4, 0.5) is 0 Å². The van der Waals surface area contributed by atoms with E-state index >= 15 is 0 Å². The third-order valence-electron chi connectivity index (χ3n) is 3.20. The highest BCUT2D eigenvalue weighted by molar-refractivity contribution is 5.33. The Bertz CT molecular complexity index is 488. The maximum absolute atomic E-state index is 5.96. The monoisotopic (exact) mass is 254 g/mol. The van der Waals surface area contributed by atoms with Crippen LogP contribution in [0, 0.1) is 5.92 Å². The van der Waals surface area contributed by atoms with Gasteiger partial charge in [0.2, 0.25) is 0 Å². The minimum absolute atomic E-state index is 0.638. The molecular weight excluding hydrogens is 232 g/mol. The van der Waals surface area contributed by atoms with Gasteiger partial charge in [0.15, 0.2) is 0 Å². The summed E-state index contributed by atoms with van der Waals surface area (Å²) in [6.07, 6.45) is 2.29. The first-order valence-corrected chi connectivity index (χ1v) is 7.00. The molecule has 1 heteroatoms. The third-order valence-corrected chi connectivity index (χ3v) is 3.20. The molecule has 0 aliphatic carbocycles. The number of hydrogen-bond donors (Lipinski definition) is 0. The van der Waals surface area contributed by atoms with Crippen LogP contribution in [-0.4, -0.2) is 0 Å². The molecule has 0 bridgehead atoms. The summed E-state index contributed by atoms with van der Waals surface area (Å²) in [6, 6.07) is 18.7. The quantitative estimate of drug-likeness (QED) is 0.715. The molecule has 0 saturated carbocycles. The van der Waals surface area contributed by atoms with Crippen molar-refractivity contribution in [1.82, 2.24) is 0 Å². The molecule has 0 heterocycles. The molecule has 0 saturated heterocycles. The van der Waals surface area contributed by atoms with Crippen molar-refractivity contribution < 1.29 is 4.74 Å². The summed E-state index contributed by atoms with van der Waals surface area (Å²) in [5.41, 5.74) is 2.52. The Morgan fingerprint density at radius 1 is 0.895 bits per heavy atom. The van der Waals surface area contributed by atoms with Crippen LogP contribution in [0.25, 0.3) is 0 Å². The molecule has 0 unspecified atom stereocenters. The highest BCUT2D eigenvalue weighted by Gasteiger charge is 2.04. The van der Waals surface area contributed by atoms with E-state index < -0.39 is 0 Å². The van der Waals surface area contributed by atoms with Gasteiger partial charge in [-0.2, -0.15) is 0 Å². The smallest absolute Gasteiger partial charge is 0.122 e. The fraction of sp³-hybridized carbons (Fsp3) is 0.333. The van der Waals surface area contributed by atoms with Gasteiger partial charge in [-0.3, -0.25) is 0 Å². The van der Waals surface area contributed by atoms with Gasteiger partial charge in [0, 0.05) is 0 Å². The fourth-order valence-corrected chi connectivity index (χ4v) is 2.03. The van der Waals surface area contributed by atoms with Gasteiger partial charge in [0.05, 0.1) is 0 Å². The lowest BCUT2D eigenvalue weighted by Crippen LogP contribution is -2.00. The zero-order valence-corrected chi connectivity index (χ0v) is 11.8. The van der Waals surface area contributed by atoms with Crippen LogP contribution >= 0.6 is 0 Å². The zero-order valence-electron chi connectivity index (χ0n) is 11.8. The molecule has 2 aromatic carbocycles. The average Bonchev–Trinajstić information content (AvgIpc) is 2.45. The molecule has 19 heavy (non-hydrogen) atoms. The van der Waals surface area contributed by atoms with E-state index in [-0.39, 0.29) is 0 Å². The Kier molecular flexibility index (Phi) is 5.02. The largest absolute Gasteiger partial charge is 0.489 e. The van der Waals surface area contributed by atoms with E-state index in [0.717, 1.165) is 18.1 Å². The van der Waals surface area contributed by atoms with Crippen LogP contribution in [0.3, 0.4) is 0 Å². The summed E-state index contributed by atoms with van der Waals surface area (Å²) in [6.45, 7) is 5.15. The molecule has 0 amide bonds. The molecule has 0 N–H and O–H groups in total. The molecule has 1 nitrogen and oxygen atoms in total. The standard InChI is InChI=1S/C18H22O/c1-15(2)12-13-17-10-6-7-11-18(17)19-14-16-8-4-3-5-9-16/h3-11,15H,12-14H2,1-2H3. The Morgan fingerprint density at radius 3 is 2.32 bits per heavy atom. The molecule has 0 aliphatic rings. The Balaban J connectivity index is 1.99. The van der Waals surface area contributed by atoms with E-state index in [4.69, 9.17) is 4.74 Å². The normalized spacial score (nSPS) is 10.7. The van der Waals surface area contributed by atoms with Crippen LogP contribution in [0.2, 0.25) is 0 Å². The molecule has 0 aromatic heterocycles. The molecule has 100 valence electrons. The molecular formula is C18H22O. The summed E-state index contributed by atoms with van der Waals surface area (Å²) in [5, 5.41) is 0. The molecule has 0 fully saturated rings. The molecule has 2 rings (SSSR count). The Labute approximate surface area is 116 Å². The Morgan fingerprint density at radius 2 is 1.58 bits per heavy atom. The average molecular weight is 254 g/mol. The summed E-state index contributed by atoms with van der Waals surface area (Å²) >= 11 is 0. The van der Waals surface area contributed by atoms with Gasteiger partial charge in [-0.05, 0) is 36.0 Å². The molecule has 0 spiro atoms. The van der Waals surface area contributed by atoms with Gasteiger partial charge in [-0.1, -0.05) is 62.4 Å². The summed E-state index contributed by atoms with van der Waals surface area (Å²) in [5.74, 6) is 1.74. The van der Waals surface area contributed by atoms with E-state index in [9.17, 15) is 0 Å². The second-order valence-electron chi connectivity index (χ2n) is 5.31. The number of benzene rings is 2. The zero-order chi connectivity index (χ0) is 13.5. The summed E-state index contributed by atoms with van der Waals surface area (Å²) < 4.78 is 5.96. The van der Waals surface area contributed by atoms with E-state index in [1.807, 2.05) is 24.3 Å². The number of hydrogen-bond acceptors (Lipinski definition) is 1. The Hall–Kier alpha value is -1.76. The van der Waals surface area contributed by atoms with Crippen LogP contribution in [0.15, 0.2) is 54.6 Å². The van der Waals surface area contributed by atoms with E-state index in [1.54, 1.807) is 0 Å². The topological polar surface area (TPSA) is 9.23 Å². The lowest BCUT2D eigenvalue weighted by atomic mass is 10.0. The first-order valence-electron chi connectivity index (χ1n) is 7.00. The van der Waals surface area contributed by atoms with Gasteiger partial charge in [0.1, 0.15) is 12.4 Å². The first-order chi connectivity index (χ1) is 9.25. The van der Waals surface area contributed by atoms with Crippen molar-refractivity contribution in [3.8, 4) is 5.75 Å². The highest BCUT2D eigenvalue weighted by Crippen LogP contribution is 2.22. The van der Waals surface area contributed by atoms with E-state index in [0.29, 0.717) is 6.61 Å². The number of para-hydroxylation sites is 1. The number of rotatable bonds is 6.